The third-order valence-electron chi connectivity index (χ3n) is 6.42. The van der Waals surface area contributed by atoms with Crippen LogP contribution < -0.4 is 5.32 Å². The van der Waals surface area contributed by atoms with Crippen LogP contribution in [0.15, 0.2) is 30.6 Å². The number of nitrogens with zero attached hydrogens (tertiary/aromatic N) is 3. The highest BCUT2D eigenvalue weighted by molar-refractivity contribution is 7.15. The third-order valence-corrected chi connectivity index (χ3v) is 7.66. The molecule has 2 aliphatic rings. The number of aryl methyl sites for hydroxylation is 1. The van der Waals surface area contributed by atoms with Crippen LogP contribution >= 0.6 is 11.3 Å². The number of benzene rings is 1. The summed E-state index contributed by atoms with van der Waals surface area (Å²) >= 11 is 1.42. The van der Waals surface area contributed by atoms with Crippen LogP contribution in [0, 0.1) is 18.7 Å². The number of carboxylic acid groups (broad SMARTS) is 1. The van der Waals surface area contributed by atoms with Crippen molar-refractivity contribution in [3.63, 3.8) is 0 Å². The molecule has 3 N–H and O–H groups in total. The molecule has 0 unspecified atom stereocenters. The monoisotopic (exact) mass is 468 g/mol. The first-order valence-electron chi connectivity index (χ1n) is 11.1. The van der Waals surface area contributed by atoms with Gasteiger partial charge in [0.05, 0.1) is 22.7 Å². The van der Waals surface area contributed by atoms with Crippen LogP contribution in [0.4, 0.5) is 16.0 Å². The molecule has 1 aromatic carbocycles. The fraction of sp³-hybridized carbons (Fsp3) is 0.417. The van der Waals surface area contributed by atoms with Gasteiger partial charge in [-0.2, -0.15) is 0 Å². The van der Waals surface area contributed by atoms with Crippen molar-refractivity contribution < 1.29 is 19.4 Å². The first kappa shape index (κ1) is 21.9. The molecule has 2 heterocycles. The number of halogens is 1. The number of hydrogen-bond acceptors (Lipinski definition) is 7. The van der Waals surface area contributed by atoms with Gasteiger partial charge in [-0.3, -0.25) is 4.79 Å². The van der Waals surface area contributed by atoms with Gasteiger partial charge in [0, 0.05) is 17.8 Å². The molecule has 0 atom stereocenters. The maximum absolute atomic E-state index is 14.0. The molecule has 33 heavy (non-hydrogen) atoms. The van der Waals surface area contributed by atoms with E-state index < -0.39 is 17.5 Å². The van der Waals surface area contributed by atoms with Gasteiger partial charge in [-0.15, -0.1) is 11.3 Å². The molecule has 0 saturated heterocycles. The minimum absolute atomic E-state index is 0.189. The van der Waals surface area contributed by atoms with Crippen LogP contribution in [0.25, 0.3) is 10.4 Å². The van der Waals surface area contributed by atoms with Crippen LogP contribution in [-0.4, -0.2) is 31.1 Å². The van der Waals surface area contributed by atoms with Crippen LogP contribution in [-0.2, 0) is 10.4 Å². The highest BCUT2D eigenvalue weighted by atomic mass is 32.1. The number of rotatable bonds is 6. The number of carboxylic acids is 1. The Labute approximate surface area is 194 Å². The Balaban J connectivity index is 1.36. The topological polar surface area (TPSA) is 108 Å². The van der Waals surface area contributed by atoms with Crippen molar-refractivity contribution in [1.82, 2.24) is 15.0 Å². The lowest BCUT2D eigenvalue weighted by molar-refractivity contribution is -0.145. The molecule has 3 aromatic rings. The van der Waals surface area contributed by atoms with Crippen LogP contribution in [0.2, 0.25) is 0 Å². The molecule has 9 heteroatoms. The van der Waals surface area contributed by atoms with E-state index in [1.165, 1.54) is 17.5 Å². The van der Waals surface area contributed by atoms with Crippen molar-refractivity contribution in [2.24, 2.45) is 5.92 Å². The number of anilines is 2. The molecule has 0 amide bonds. The van der Waals surface area contributed by atoms with Gasteiger partial charge in [-0.25, -0.2) is 19.3 Å². The summed E-state index contributed by atoms with van der Waals surface area (Å²) in [7, 11) is 0. The Morgan fingerprint density at radius 2 is 1.91 bits per heavy atom. The molecule has 0 radical (unpaired) electrons. The van der Waals surface area contributed by atoms with Gasteiger partial charge in [-0.1, -0.05) is 6.07 Å². The van der Waals surface area contributed by atoms with Crippen molar-refractivity contribution in [2.45, 2.75) is 57.0 Å². The van der Waals surface area contributed by atoms with Crippen LogP contribution in [0.5, 0.6) is 0 Å². The molecule has 2 saturated carbocycles. The van der Waals surface area contributed by atoms with Gasteiger partial charge in [0.25, 0.3) is 0 Å². The highest BCUT2D eigenvalue weighted by Gasteiger charge is 2.39. The average molecular weight is 469 g/mol. The van der Waals surface area contributed by atoms with Crippen LogP contribution in [0.1, 0.15) is 60.7 Å². The average Bonchev–Trinajstić information content (AvgIpc) is 3.49. The summed E-state index contributed by atoms with van der Waals surface area (Å²) in [6.07, 6.45) is 6.55. The molecular formula is C24H25FN4O3S. The first-order valence-corrected chi connectivity index (χ1v) is 12.0. The van der Waals surface area contributed by atoms with Gasteiger partial charge in [-0.05, 0) is 68.7 Å². The SMILES string of the molecule is Cc1cc(Nc2ncc(F)c(C3CC3)n2)cc(-c2cnc([C@]3(O)CC[C@@H](C(=O)O)CC3)s2)c1. The maximum atomic E-state index is 14.0. The minimum atomic E-state index is -1.08. The third kappa shape index (κ3) is 4.60. The van der Waals surface area contributed by atoms with E-state index in [0.717, 1.165) is 34.5 Å². The van der Waals surface area contributed by atoms with E-state index in [9.17, 15) is 19.4 Å². The summed E-state index contributed by atoms with van der Waals surface area (Å²) < 4.78 is 14.0. The van der Waals surface area contributed by atoms with E-state index in [1.807, 2.05) is 25.1 Å². The molecule has 172 valence electrons. The standard InChI is InChI=1S/C24H25FN4O3S/c1-13-8-16(10-17(9-13)28-23-27-11-18(25)20(29-23)14-2-3-14)19-12-26-22(33-19)24(32)6-4-15(5-7-24)21(30)31/h8-12,14-15,32H,2-7H2,1H3,(H,30,31)(H,27,28,29)/t15-,24+. The van der Waals surface area contributed by atoms with Gasteiger partial charge in [0.15, 0.2) is 5.82 Å². The van der Waals surface area contributed by atoms with Gasteiger partial charge in [0.2, 0.25) is 5.95 Å². The number of thiazole rings is 1. The number of hydrogen-bond donors (Lipinski definition) is 3. The molecule has 2 aromatic heterocycles. The molecule has 0 bridgehead atoms. The second-order valence-electron chi connectivity index (χ2n) is 9.09. The van der Waals surface area contributed by atoms with Gasteiger partial charge >= 0.3 is 5.97 Å². The Kier molecular flexibility index (Phi) is 5.62. The molecular weight excluding hydrogens is 443 g/mol. The summed E-state index contributed by atoms with van der Waals surface area (Å²) in [4.78, 5) is 25.1. The van der Waals surface area contributed by atoms with E-state index in [-0.39, 0.29) is 11.7 Å². The molecule has 0 aliphatic heterocycles. The Morgan fingerprint density at radius 3 is 2.61 bits per heavy atom. The summed E-state index contributed by atoms with van der Waals surface area (Å²) in [6.45, 7) is 1.98. The molecule has 2 fully saturated rings. The highest BCUT2D eigenvalue weighted by Crippen LogP contribution is 2.43. The fourth-order valence-electron chi connectivity index (χ4n) is 4.39. The van der Waals surface area contributed by atoms with Crippen molar-refractivity contribution in [1.29, 1.82) is 0 Å². The molecule has 5 rings (SSSR count). The van der Waals surface area contributed by atoms with E-state index in [4.69, 9.17) is 0 Å². The number of nitrogens with one attached hydrogen (secondary N) is 1. The normalized spacial score (nSPS) is 22.8. The molecule has 7 nitrogen and oxygen atoms in total. The summed E-state index contributed by atoms with van der Waals surface area (Å²) in [5.74, 6) is -1.01. The van der Waals surface area contributed by atoms with E-state index in [1.54, 1.807) is 6.20 Å². The fourth-order valence-corrected chi connectivity index (χ4v) is 5.44. The number of aromatic nitrogens is 3. The van der Waals surface area contributed by atoms with Crippen molar-refractivity contribution >= 4 is 28.9 Å². The number of carbonyl (C=O) groups is 1. The molecule has 0 spiro atoms. The summed E-state index contributed by atoms with van der Waals surface area (Å²) in [5, 5.41) is 24.1. The van der Waals surface area contributed by atoms with E-state index in [0.29, 0.717) is 42.3 Å². The summed E-state index contributed by atoms with van der Waals surface area (Å²) in [5.41, 5.74) is 2.14. The lowest BCUT2D eigenvalue weighted by atomic mass is 9.79. The number of aliphatic carboxylic acids is 1. The maximum Gasteiger partial charge on any atom is 0.306 e. The largest absolute Gasteiger partial charge is 0.481 e. The first-order chi connectivity index (χ1) is 15.8. The Bertz CT molecular complexity index is 1200. The predicted molar refractivity (Wildman–Crippen MR) is 123 cm³/mol. The van der Waals surface area contributed by atoms with Crippen molar-refractivity contribution in [3.8, 4) is 10.4 Å². The van der Waals surface area contributed by atoms with Crippen LogP contribution in [0.3, 0.4) is 0 Å². The van der Waals surface area contributed by atoms with E-state index >= 15 is 0 Å². The predicted octanol–water partition coefficient (Wildman–Crippen LogP) is 5.13. The smallest absolute Gasteiger partial charge is 0.306 e. The second-order valence-corrected chi connectivity index (χ2v) is 10.1. The lowest BCUT2D eigenvalue weighted by Gasteiger charge is -2.32. The van der Waals surface area contributed by atoms with Crippen molar-refractivity contribution in [2.75, 3.05) is 5.32 Å². The minimum Gasteiger partial charge on any atom is -0.481 e. The molecule has 2 aliphatic carbocycles. The van der Waals surface area contributed by atoms with Gasteiger partial charge < -0.3 is 15.5 Å². The summed E-state index contributed by atoms with van der Waals surface area (Å²) in [6, 6.07) is 5.96. The van der Waals surface area contributed by atoms with Gasteiger partial charge in [0.1, 0.15) is 10.6 Å². The second kappa shape index (κ2) is 8.46. The Morgan fingerprint density at radius 1 is 1.15 bits per heavy atom. The lowest BCUT2D eigenvalue weighted by Crippen LogP contribution is -2.33. The zero-order valence-corrected chi connectivity index (χ0v) is 19.0. The number of aliphatic hydroxyl groups is 1. The van der Waals surface area contributed by atoms with Crippen molar-refractivity contribution in [3.05, 3.63) is 52.7 Å². The zero-order valence-electron chi connectivity index (χ0n) is 18.2. The zero-order chi connectivity index (χ0) is 23.2. The quantitative estimate of drug-likeness (QED) is 0.460. The Hall–Kier alpha value is -2.91. The van der Waals surface area contributed by atoms with E-state index in [2.05, 4.69) is 20.3 Å².